The lowest BCUT2D eigenvalue weighted by Gasteiger charge is -1.95. The van der Waals surface area contributed by atoms with Crippen LogP contribution in [-0.4, -0.2) is 10.8 Å². The van der Waals surface area contributed by atoms with Gasteiger partial charge in [-0.05, 0) is 23.8 Å². The minimum Gasteiger partial charge on any atom is -0.619 e. The summed E-state index contributed by atoms with van der Waals surface area (Å²) in [6.07, 6.45) is 9.06. The number of allylic oxidation sites excluding steroid dienone is 1. The number of hydrogen-bond donors (Lipinski definition) is 0. The number of rotatable bonds is 3. The number of hydrogen-bond acceptors (Lipinski definition) is 3. The normalized spacial score (nSPS) is 10.6. The summed E-state index contributed by atoms with van der Waals surface area (Å²) in [6, 6.07) is 6.60. The van der Waals surface area contributed by atoms with E-state index in [0.29, 0.717) is 10.3 Å². The van der Waals surface area contributed by atoms with Crippen molar-refractivity contribution in [1.82, 2.24) is 4.98 Å². The largest absolute Gasteiger partial charge is 0.619 e. The molecule has 0 saturated heterocycles. The second-order valence-corrected chi connectivity index (χ2v) is 3.42. The second-order valence-electron chi connectivity index (χ2n) is 3.42. The molecule has 0 amide bonds. The smallest absolute Gasteiger partial charge is 0.185 e. The molecule has 0 aliphatic carbocycles. The SMILES string of the molecule is O=C(C=Cc1cc[n+]([O-])cc1)c1ccncc1. The zero-order chi connectivity index (χ0) is 12.1. The average Bonchev–Trinajstić information content (AvgIpc) is 2.39. The van der Waals surface area contributed by atoms with E-state index < -0.39 is 0 Å². The van der Waals surface area contributed by atoms with Gasteiger partial charge < -0.3 is 5.21 Å². The van der Waals surface area contributed by atoms with Crippen molar-refractivity contribution < 1.29 is 9.52 Å². The third-order valence-corrected chi connectivity index (χ3v) is 2.22. The van der Waals surface area contributed by atoms with Crippen LogP contribution in [0.25, 0.3) is 6.08 Å². The predicted octanol–water partition coefficient (Wildman–Crippen LogP) is 1.61. The summed E-state index contributed by atoms with van der Waals surface area (Å²) in [4.78, 5) is 15.5. The molecule has 4 nitrogen and oxygen atoms in total. The lowest BCUT2D eigenvalue weighted by atomic mass is 10.1. The summed E-state index contributed by atoms with van der Waals surface area (Å²) in [5, 5.41) is 10.8. The Kier molecular flexibility index (Phi) is 3.25. The van der Waals surface area contributed by atoms with Gasteiger partial charge in [-0.3, -0.25) is 9.78 Å². The van der Waals surface area contributed by atoms with E-state index in [-0.39, 0.29) is 5.78 Å². The fraction of sp³-hybridized carbons (Fsp3) is 0. The third kappa shape index (κ3) is 2.98. The summed E-state index contributed by atoms with van der Waals surface area (Å²) in [5.41, 5.74) is 1.39. The highest BCUT2D eigenvalue weighted by Crippen LogP contribution is 2.03. The molecule has 0 N–H and O–H groups in total. The predicted molar refractivity (Wildman–Crippen MR) is 63.0 cm³/mol. The standard InChI is InChI=1S/C13H10N2O2/c16-13(12-3-7-14-8-4-12)2-1-11-5-9-15(17)10-6-11/h1-10H. The Morgan fingerprint density at radius 1 is 1.18 bits per heavy atom. The minimum atomic E-state index is -0.0914. The Labute approximate surface area is 98.5 Å². The van der Waals surface area contributed by atoms with E-state index in [1.165, 1.54) is 18.5 Å². The van der Waals surface area contributed by atoms with Gasteiger partial charge in [-0.2, -0.15) is 4.73 Å². The van der Waals surface area contributed by atoms with Crippen LogP contribution in [0.15, 0.2) is 55.1 Å². The van der Waals surface area contributed by atoms with Gasteiger partial charge >= 0.3 is 0 Å². The summed E-state index contributed by atoms with van der Waals surface area (Å²) < 4.78 is 0.696. The van der Waals surface area contributed by atoms with Gasteiger partial charge in [0.05, 0.1) is 0 Å². The van der Waals surface area contributed by atoms with Gasteiger partial charge in [-0.15, -0.1) is 0 Å². The van der Waals surface area contributed by atoms with Crippen molar-refractivity contribution in [3.8, 4) is 0 Å². The number of ketones is 1. The lowest BCUT2D eigenvalue weighted by molar-refractivity contribution is -0.605. The molecule has 4 heteroatoms. The molecule has 0 radical (unpaired) electrons. The molecule has 0 unspecified atom stereocenters. The van der Waals surface area contributed by atoms with Crippen molar-refractivity contribution in [3.05, 3.63) is 71.5 Å². The molecule has 17 heavy (non-hydrogen) atoms. The number of nitrogens with zero attached hydrogens (tertiary/aromatic N) is 2. The van der Waals surface area contributed by atoms with Crippen LogP contribution >= 0.6 is 0 Å². The fourth-order valence-electron chi connectivity index (χ4n) is 1.32. The van der Waals surface area contributed by atoms with Crippen LogP contribution in [0.4, 0.5) is 0 Å². The number of carbonyl (C=O) groups is 1. The van der Waals surface area contributed by atoms with Crippen LogP contribution in [-0.2, 0) is 0 Å². The first-order chi connectivity index (χ1) is 8.25. The Balaban J connectivity index is 2.11. The zero-order valence-electron chi connectivity index (χ0n) is 8.98. The van der Waals surface area contributed by atoms with Gasteiger partial charge in [0.25, 0.3) is 0 Å². The highest BCUT2D eigenvalue weighted by Gasteiger charge is 1.99. The van der Waals surface area contributed by atoms with Gasteiger partial charge in [-0.1, -0.05) is 6.08 Å². The topological polar surface area (TPSA) is 56.9 Å². The third-order valence-electron chi connectivity index (χ3n) is 2.22. The molecule has 0 fully saturated rings. The highest BCUT2D eigenvalue weighted by molar-refractivity contribution is 6.06. The number of carbonyl (C=O) groups excluding carboxylic acids is 1. The summed E-state index contributed by atoms with van der Waals surface area (Å²) in [5.74, 6) is -0.0914. The Morgan fingerprint density at radius 3 is 2.47 bits per heavy atom. The van der Waals surface area contributed by atoms with Gasteiger partial charge in [0.2, 0.25) is 0 Å². The van der Waals surface area contributed by atoms with Gasteiger partial charge in [-0.25, -0.2) is 0 Å². The first kappa shape index (κ1) is 11.0. The molecule has 2 aromatic heterocycles. The average molecular weight is 226 g/mol. The maximum absolute atomic E-state index is 11.7. The maximum Gasteiger partial charge on any atom is 0.185 e. The van der Waals surface area contributed by atoms with Crippen molar-refractivity contribution in [2.45, 2.75) is 0 Å². The summed E-state index contributed by atoms with van der Waals surface area (Å²) in [7, 11) is 0. The maximum atomic E-state index is 11.7. The highest BCUT2D eigenvalue weighted by atomic mass is 16.5. The van der Waals surface area contributed by atoms with E-state index in [1.54, 1.807) is 42.7 Å². The minimum absolute atomic E-state index is 0.0914. The first-order valence-electron chi connectivity index (χ1n) is 5.07. The van der Waals surface area contributed by atoms with Crippen molar-refractivity contribution >= 4 is 11.9 Å². The molecule has 0 aliphatic rings. The van der Waals surface area contributed by atoms with Gasteiger partial charge in [0.15, 0.2) is 18.2 Å². The van der Waals surface area contributed by atoms with Crippen LogP contribution in [0.1, 0.15) is 15.9 Å². The lowest BCUT2D eigenvalue weighted by Crippen LogP contribution is -2.23. The molecule has 2 rings (SSSR count). The zero-order valence-corrected chi connectivity index (χ0v) is 8.98. The van der Waals surface area contributed by atoms with E-state index in [9.17, 15) is 10.0 Å². The molecule has 0 saturated carbocycles. The van der Waals surface area contributed by atoms with Crippen molar-refractivity contribution in [2.75, 3.05) is 0 Å². The second kappa shape index (κ2) is 5.03. The number of aromatic nitrogens is 2. The van der Waals surface area contributed by atoms with E-state index in [4.69, 9.17) is 0 Å². The fourth-order valence-corrected chi connectivity index (χ4v) is 1.32. The van der Waals surface area contributed by atoms with Crippen LogP contribution in [0.5, 0.6) is 0 Å². The summed E-state index contributed by atoms with van der Waals surface area (Å²) in [6.45, 7) is 0. The van der Waals surface area contributed by atoms with E-state index in [0.717, 1.165) is 5.56 Å². The van der Waals surface area contributed by atoms with Crippen molar-refractivity contribution in [2.24, 2.45) is 0 Å². The quantitative estimate of drug-likeness (QED) is 0.346. The molecule has 2 aromatic rings. The van der Waals surface area contributed by atoms with Crippen LogP contribution in [0.3, 0.4) is 0 Å². The van der Waals surface area contributed by atoms with Crippen LogP contribution < -0.4 is 4.73 Å². The van der Waals surface area contributed by atoms with E-state index in [2.05, 4.69) is 4.98 Å². The van der Waals surface area contributed by atoms with Crippen molar-refractivity contribution in [1.29, 1.82) is 0 Å². The van der Waals surface area contributed by atoms with Gasteiger partial charge in [0, 0.05) is 30.1 Å². The molecule has 0 atom stereocenters. The Morgan fingerprint density at radius 2 is 1.82 bits per heavy atom. The Hall–Kier alpha value is -2.49. The van der Waals surface area contributed by atoms with Crippen LogP contribution in [0, 0.1) is 5.21 Å². The molecule has 84 valence electrons. The molecule has 0 spiro atoms. The van der Waals surface area contributed by atoms with Gasteiger partial charge in [0.1, 0.15) is 0 Å². The molecule has 0 bridgehead atoms. The molecular weight excluding hydrogens is 216 g/mol. The molecule has 0 aromatic carbocycles. The van der Waals surface area contributed by atoms with E-state index in [1.807, 2.05) is 0 Å². The molecule has 0 aliphatic heterocycles. The number of pyridine rings is 2. The van der Waals surface area contributed by atoms with Crippen molar-refractivity contribution in [3.63, 3.8) is 0 Å². The monoisotopic (exact) mass is 226 g/mol. The van der Waals surface area contributed by atoms with Crippen LogP contribution in [0.2, 0.25) is 0 Å². The summed E-state index contributed by atoms with van der Waals surface area (Å²) >= 11 is 0. The first-order valence-corrected chi connectivity index (χ1v) is 5.07. The van der Waals surface area contributed by atoms with E-state index >= 15 is 0 Å². The molecule has 2 heterocycles. The molecular formula is C13H10N2O2. The Bertz CT molecular complexity index is 533.